The predicted molar refractivity (Wildman–Crippen MR) is 74.1 cm³/mol. The standard InChI is InChI=1S/C13H15N3O2S/c1-7-5-10(11(18)6-8(7)2)12-14-15-13(16(12)4)19-9(3)17/h5-6,18H,1-4H3. The predicted octanol–water partition coefficient (Wildman–Crippen LogP) is 2.44. The summed E-state index contributed by atoms with van der Waals surface area (Å²) in [4.78, 5) is 11.1. The van der Waals surface area contributed by atoms with E-state index < -0.39 is 0 Å². The Bertz CT molecular complexity index is 650. The summed E-state index contributed by atoms with van der Waals surface area (Å²) in [5, 5.41) is 18.5. The van der Waals surface area contributed by atoms with Gasteiger partial charge in [-0.25, -0.2) is 0 Å². The van der Waals surface area contributed by atoms with Crippen molar-refractivity contribution in [2.45, 2.75) is 25.9 Å². The maximum Gasteiger partial charge on any atom is 0.198 e. The molecule has 1 aromatic heterocycles. The molecule has 100 valence electrons. The fraction of sp³-hybridized carbons (Fsp3) is 0.308. The molecule has 0 amide bonds. The molecule has 2 aromatic rings. The van der Waals surface area contributed by atoms with Crippen LogP contribution in [-0.4, -0.2) is 25.0 Å². The molecule has 1 heterocycles. The van der Waals surface area contributed by atoms with E-state index in [1.807, 2.05) is 19.9 Å². The third-order valence-corrected chi connectivity index (χ3v) is 3.75. The first kappa shape index (κ1) is 13.6. The van der Waals surface area contributed by atoms with Crippen LogP contribution in [0.5, 0.6) is 5.75 Å². The highest BCUT2D eigenvalue weighted by atomic mass is 32.2. The summed E-state index contributed by atoms with van der Waals surface area (Å²) < 4.78 is 1.70. The number of aryl methyl sites for hydroxylation is 2. The average Bonchev–Trinajstić information content (AvgIpc) is 2.65. The summed E-state index contributed by atoms with van der Waals surface area (Å²) >= 11 is 1.02. The number of thioether (sulfide) groups is 1. The zero-order valence-corrected chi connectivity index (χ0v) is 12.1. The monoisotopic (exact) mass is 277 g/mol. The highest BCUT2D eigenvalue weighted by molar-refractivity contribution is 8.13. The average molecular weight is 277 g/mol. The van der Waals surface area contributed by atoms with Crippen LogP contribution in [0.4, 0.5) is 0 Å². The summed E-state index contributed by atoms with van der Waals surface area (Å²) in [6, 6.07) is 3.58. The number of aromatic nitrogens is 3. The summed E-state index contributed by atoms with van der Waals surface area (Å²) in [6.45, 7) is 5.39. The number of carbonyl (C=O) groups is 1. The summed E-state index contributed by atoms with van der Waals surface area (Å²) in [5.41, 5.74) is 2.70. The number of nitrogens with zero attached hydrogens (tertiary/aromatic N) is 3. The second-order valence-corrected chi connectivity index (χ2v) is 5.56. The van der Waals surface area contributed by atoms with Gasteiger partial charge in [0.15, 0.2) is 16.1 Å². The number of phenolic OH excluding ortho intramolecular Hbond substituents is 1. The van der Waals surface area contributed by atoms with Crippen molar-refractivity contribution < 1.29 is 9.90 Å². The minimum absolute atomic E-state index is 0.0497. The molecule has 5 nitrogen and oxygen atoms in total. The SMILES string of the molecule is CC(=O)Sc1nnc(-c2cc(C)c(C)cc2O)n1C. The van der Waals surface area contributed by atoms with Gasteiger partial charge >= 0.3 is 0 Å². The smallest absolute Gasteiger partial charge is 0.198 e. The van der Waals surface area contributed by atoms with Crippen molar-refractivity contribution in [3.63, 3.8) is 0 Å². The van der Waals surface area contributed by atoms with Crippen molar-refractivity contribution >= 4 is 16.9 Å². The first-order chi connectivity index (χ1) is 8.90. The lowest BCUT2D eigenvalue weighted by Crippen LogP contribution is -1.97. The van der Waals surface area contributed by atoms with Gasteiger partial charge in [0, 0.05) is 14.0 Å². The van der Waals surface area contributed by atoms with Gasteiger partial charge in [-0.2, -0.15) is 0 Å². The van der Waals surface area contributed by atoms with Crippen molar-refractivity contribution in [1.82, 2.24) is 14.8 Å². The minimum Gasteiger partial charge on any atom is -0.507 e. The fourth-order valence-electron chi connectivity index (χ4n) is 1.75. The minimum atomic E-state index is -0.0497. The van der Waals surface area contributed by atoms with Crippen LogP contribution in [0.15, 0.2) is 17.3 Å². The van der Waals surface area contributed by atoms with E-state index in [4.69, 9.17) is 0 Å². The molecular weight excluding hydrogens is 262 g/mol. The molecule has 0 atom stereocenters. The van der Waals surface area contributed by atoms with E-state index in [1.165, 1.54) is 6.92 Å². The molecule has 0 unspecified atom stereocenters. The zero-order chi connectivity index (χ0) is 14.2. The van der Waals surface area contributed by atoms with Gasteiger partial charge in [0.2, 0.25) is 0 Å². The van der Waals surface area contributed by atoms with Gasteiger partial charge in [0.1, 0.15) is 5.75 Å². The van der Waals surface area contributed by atoms with Gasteiger partial charge in [-0.05, 0) is 48.9 Å². The van der Waals surface area contributed by atoms with E-state index in [9.17, 15) is 9.90 Å². The van der Waals surface area contributed by atoms with Crippen LogP contribution in [0.25, 0.3) is 11.4 Å². The van der Waals surface area contributed by atoms with Crippen LogP contribution in [0, 0.1) is 13.8 Å². The van der Waals surface area contributed by atoms with Crippen LogP contribution in [0.2, 0.25) is 0 Å². The highest BCUT2D eigenvalue weighted by Gasteiger charge is 2.16. The van der Waals surface area contributed by atoms with E-state index in [1.54, 1.807) is 17.7 Å². The van der Waals surface area contributed by atoms with Crippen LogP contribution >= 0.6 is 11.8 Å². The molecule has 2 rings (SSSR count). The number of rotatable bonds is 2. The molecule has 0 aliphatic rings. The molecule has 6 heteroatoms. The third kappa shape index (κ3) is 2.63. The maximum atomic E-state index is 11.1. The molecule has 1 N–H and O–H groups in total. The van der Waals surface area contributed by atoms with Crippen molar-refractivity contribution in [3.8, 4) is 17.1 Å². The Morgan fingerprint density at radius 2 is 1.89 bits per heavy atom. The number of carbonyl (C=O) groups excluding carboxylic acids is 1. The second-order valence-electron chi connectivity index (χ2n) is 4.41. The molecule has 0 fully saturated rings. The first-order valence-electron chi connectivity index (χ1n) is 5.78. The summed E-state index contributed by atoms with van der Waals surface area (Å²) in [7, 11) is 1.77. The van der Waals surface area contributed by atoms with E-state index in [0.717, 1.165) is 22.9 Å². The van der Waals surface area contributed by atoms with Gasteiger partial charge in [-0.1, -0.05) is 0 Å². The largest absolute Gasteiger partial charge is 0.507 e. The number of aromatic hydroxyl groups is 1. The Balaban J connectivity index is 2.51. The Kier molecular flexibility index (Phi) is 3.61. The van der Waals surface area contributed by atoms with Crippen LogP contribution in [0.3, 0.4) is 0 Å². The maximum absolute atomic E-state index is 11.1. The highest BCUT2D eigenvalue weighted by Crippen LogP contribution is 2.31. The molecule has 0 saturated carbocycles. The van der Waals surface area contributed by atoms with Crippen LogP contribution in [0.1, 0.15) is 18.1 Å². The Morgan fingerprint density at radius 3 is 2.53 bits per heavy atom. The van der Waals surface area contributed by atoms with Crippen molar-refractivity contribution in [1.29, 1.82) is 0 Å². The molecule has 0 saturated heterocycles. The first-order valence-corrected chi connectivity index (χ1v) is 6.60. The second kappa shape index (κ2) is 5.05. The van der Waals surface area contributed by atoms with E-state index in [2.05, 4.69) is 10.2 Å². The van der Waals surface area contributed by atoms with Crippen molar-refractivity contribution in [3.05, 3.63) is 23.3 Å². The van der Waals surface area contributed by atoms with Gasteiger partial charge in [-0.3, -0.25) is 4.79 Å². The molecule has 0 spiro atoms. The quantitative estimate of drug-likeness (QED) is 0.854. The van der Waals surface area contributed by atoms with Gasteiger partial charge in [-0.15, -0.1) is 10.2 Å². The van der Waals surface area contributed by atoms with Crippen molar-refractivity contribution in [2.24, 2.45) is 7.05 Å². The lowest BCUT2D eigenvalue weighted by Gasteiger charge is -2.08. The van der Waals surface area contributed by atoms with E-state index in [-0.39, 0.29) is 10.9 Å². The van der Waals surface area contributed by atoms with Gasteiger partial charge < -0.3 is 9.67 Å². The van der Waals surface area contributed by atoms with Gasteiger partial charge in [0.25, 0.3) is 0 Å². The van der Waals surface area contributed by atoms with Crippen LogP contribution < -0.4 is 0 Å². The third-order valence-electron chi connectivity index (χ3n) is 2.92. The Morgan fingerprint density at radius 1 is 1.26 bits per heavy atom. The molecule has 0 radical (unpaired) electrons. The van der Waals surface area contributed by atoms with E-state index >= 15 is 0 Å². The lowest BCUT2D eigenvalue weighted by molar-refractivity contribution is -0.109. The molecule has 0 bridgehead atoms. The lowest BCUT2D eigenvalue weighted by atomic mass is 10.0. The number of hydrogen-bond acceptors (Lipinski definition) is 5. The fourth-order valence-corrected chi connectivity index (χ4v) is 2.31. The normalized spacial score (nSPS) is 10.7. The summed E-state index contributed by atoms with van der Waals surface area (Å²) in [5.74, 6) is 0.710. The number of hydrogen-bond donors (Lipinski definition) is 1. The van der Waals surface area contributed by atoms with E-state index in [0.29, 0.717) is 16.5 Å². The number of benzene rings is 1. The molecule has 0 aliphatic carbocycles. The van der Waals surface area contributed by atoms with Gasteiger partial charge in [0.05, 0.1) is 5.56 Å². The molecule has 1 aromatic carbocycles. The Labute approximate surface area is 115 Å². The Hall–Kier alpha value is -1.82. The summed E-state index contributed by atoms with van der Waals surface area (Å²) in [6.07, 6.45) is 0. The van der Waals surface area contributed by atoms with Crippen molar-refractivity contribution in [2.75, 3.05) is 0 Å². The zero-order valence-electron chi connectivity index (χ0n) is 11.3. The topological polar surface area (TPSA) is 68.0 Å². The molecule has 19 heavy (non-hydrogen) atoms. The number of phenols is 1. The van der Waals surface area contributed by atoms with Crippen LogP contribution in [-0.2, 0) is 11.8 Å². The molecular formula is C13H15N3O2S. The molecule has 0 aliphatic heterocycles.